The molecule has 0 aromatic carbocycles. The van der Waals surface area contributed by atoms with Crippen LogP contribution >= 0.6 is 11.3 Å². The Bertz CT molecular complexity index is 298. The van der Waals surface area contributed by atoms with E-state index >= 15 is 0 Å². The predicted octanol–water partition coefficient (Wildman–Crippen LogP) is 1.73. The average molecular weight is 200 g/mol. The van der Waals surface area contributed by atoms with Crippen molar-refractivity contribution < 1.29 is 9.90 Å². The molecule has 0 saturated heterocycles. The highest BCUT2D eigenvalue weighted by molar-refractivity contribution is 7.13. The molecule has 13 heavy (non-hydrogen) atoms. The van der Waals surface area contributed by atoms with Gasteiger partial charge in [0.1, 0.15) is 6.04 Å². The molecule has 1 unspecified atom stereocenters. The molecule has 1 atom stereocenters. The van der Waals surface area contributed by atoms with E-state index in [4.69, 9.17) is 5.11 Å². The number of aliphatic carboxylic acids is 1. The van der Waals surface area contributed by atoms with Crippen LogP contribution in [0.4, 0.5) is 5.13 Å². The van der Waals surface area contributed by atoms with E-state index in [-0.39, 0.29) is 0 Å². The molecule has 0 aliphatic rings. The Morgan fingerprint density at radius 3 is 2.92 bits per heavy atom. The second-order valence-electron chi connectivity index (χ2n) is 2.74. The minimum Gasteiger partial charge on any atom is -0.480 e. The Kier molecular flexibility index (Phi) is 3.25. The Labute approximate surface area is 80.6 Å². The number of rotatable bonds is 4. The van der Waals surface area contributed by atoms with Crippen molar-refractivity contribution in [2.75, 3.05) is 5.32 Å². The number of carboxylic acids is 1. The van der Waals surface area contributed by atoms with Crippen LogP contribution in [0.5, 0.6) is 0 Å². The molecule has 1 rings (SSSR count). The van der Waals surface area contributed by atoms with Crippen LogP contribution in [0.25, 0.3) is 0 Å². The van der Waals surface area contributed by atoms with E-state index in [9.17, 15) is 4.79 Å². The summed E-state index contributed by atoms with van der Waals surface area (Å²) >= 11 is 1.43. The Morgan fingerprint density at radius 1 is 1.85 bits per heavy atom. The van der Waals surface area contributed by atoms with Crippen molar-refractivity contribution in [1.82, 2.24) is 4.98 Å². The lowest BCUT2D eigenvalue weighted by Crippen LogP contribution is -2.28. The summed E-state index contributed by atoms with van der Waals surface area (Å²) in [7, 11) is 0. The zero-order valence-corrected chi connectivity index (χ0v) is 8.39. The fourth-order valence-electron chi connectivity index (χ4n) is 0.908. The first-order chi connectivity index (χ1) is 6.13. The minimum absolute atomic E-state index is 0.537. The molecular formula is C8H12N2O2S. The second-order valence-corrected chi connectivity index (χ2v) is 3.60. The number of carboxylic acid groups (broad SMARTS) is 1. The topological polar surface area (TPSA) is 62.2 Å². The van der Waals surface area contributed by atoms with Crippen LogP contribution in [0, 0.1) is 6.92 Å². The van der Waals surface area contributed by atoms with Crippen LogP contribution in [-0.4, -0.2) is 22.1 Å². The van der Waals surface area contributed by atoms with Gasteiger partial charge in [-0.1, -0.05) is 6.92 Å². The van der Waals surface area contributed by atoms with Crippen LogP contribution in [0.2, 0.25) is 0 Å². The molecular weight excluding hydrogens is 188 g/mol. The fraction of sp³-hybridized carbons (Fsp3) is 0.500. The summed E-state index contributed by atoms with van der Waals surface area (Å²) in [5.41, 5.74) is 0.910. The van der Waals surface area contributed by atoms with E-state index in [0.29, 0.717) is 11.6 Å². The Hall–Kier alpha value is -1.10. The fourth-order valence-corrected chi connectivity index (χ4v) is 1.65. The minimum atomic E-state index is -0.838. The van der Waals surface area contributed by atoms with Gasteiger partial charge < -0.3 is 10.4 Å². The zero-order chi connectivity index (χ0) is 9.84. The third-order valence-electron chi connectivity index (χ3n) is 1.62. The van der Waals surface area contributed by atoms with E-state index in [2.05, 4.69) is 10.3 Å². The van der Waals surface area contributed by atoms with Crippen molar-refractivity contribution in [2.45, 2.75) is 26.3 Å². The van der Waals surface area contributed by atoms with Gasteiger partial charge in [0.2, 0.25) is 0 Å². The summed E-state index contributed by atoms with van der Waals surface area (Å²) in [4.78, 5) is 14.8. The summed E-state index contributed by atoms with van der Waals surface area (Å²) in [6.45, 7) is 3.70. The first kappa shape index (κ1) is 9.98. The van der Waals surface area contributed by atoms with Gasteiger partial charge in [-0.05, 0) is 13.3 Å². The van der Waals surface area contributed by atoms with E-state index in [1.807, 2.05) is 19.2 Å². The smallest absolute Gasteiger partial charge is 0.326 e. The number of hydrogen-bond donors (Lipinski definition) is 2. The predicted molar refractivity (Wildman–Crippen MR) is 52.2 cm³/mol. The standard InChI is InChI=1S/C8H12N2O2S/c1-3-6(7(11)12)10-8-9-5(2)4-13-8/h4,6H,3H2,1-2H3,(H,9,10)(H,11,12). The van der Waals surface area contributed by atoms with Crippen LogP contribution in [0.1, 0.15) is 19.0 Å². The van der Waals surface area contributed by atoms with Crippen molar-refractivity contribution in [1.29, 1.82) is 0 Å². The Morgan fingerprint density at radius 2 is 2.54 bits per heavy atom. The maximum absolute atomic E-state index is 10.7. The molecule has 0 spiro atoms. The van der Waals surface area contributed by atoms with E-state index in [1.54, 1.807) is 0 Å². The van der Waals surface area contributed by atoms with Gasteiger partial charge in [0, 0.05) is 5.38 Å². The average Bonchev–Trinajstić information content (AvgIpc) is 2.46. The monoisotopic (exact) mass is 200 g/mol. The molecule has 72 valence electrons. The molecule has 5 heteroatoms. The molecule has 0 radical (unpaired) electrons. The largest absolute Gasteiger partial charge is 0.480 e. The van der Waals surface area contributed by atoms with E-state index < -0.39 is 12.0 Å². The number of anilines is 1. The molecule has 0 fully saturated rings. The Balaban J connectivity index is 2.61. The summed E-state index contributed by atoms with van der Waals surface area (Å²) in [5.74, 6) is -0.838. The SMILES string of the molecule is CCC(Nc1nc(C)cs1)C(=O)O. The number of carbonyl (C=O) groups is 1. The highest BCUT2D eigenvalue weighted by Crippen LogP contribution is 2.16. The first-order valence-electron chi connectivity index (χ1n) is 4.05. The normalized spacial score (nSPS) is 12.5. The van der Waals surface area contributed by atoms with Gasteiger partial charge in [-0.15, -0.1) is 11.3 Å². The molecule has 0 saturated carbocycles. The van der Waals surface area contributed by atoms with Gasteiger partial charge in [-0.2, -0.15) is 0 Å². The quantitative estimate of drug-likeness (QED) is 0.777. The van der Waals surface area contributed by atoms with Gasteiger partial charge in [-0.3, -0.25) is 0 Å². The highest BCUT2D eigenvalue weighted by atomic mass is 32.1. The number of aromatic nitrogens is 1. The summed E-state index contributed by atoms with van der Waals surface area (Å²) < 4.78 is 0. The molecule has 0 amide bonds. The van der Waals surface area contributed by atoms with Crippen LogP contribution in [0.3, 0.4) is 0 Å². The third kappa shape index (κ3) is 2.69. The molecule has 0 aliphatic carbocycles. The lowest BCUT2D eigenvalue weighted by molar-refractivity contribution is -0.137. The molecule has 1 aromatic heterocycles. The van der Waals surface area contributed by atoms with Crippen molar-refractivity contribution >= 4 is 22.4 Å². The number of thiazole rings is 1. The third-order valence-corrected chi connectivity index (χ3v) is 2.51. The van der Waals surface area contributed by atoms with Crippen LogP contribution in [-0.2, 0) is 4.79 Å². The number of hydrogen-bond acceptors (Lipinski definition) is 4. The molecule has 0 bridgehead atoms. The summed E-state index contributed by atoms with van der Waals surface area (Å²) in [6, 6.07) is -0.537. The van der Waals surface area contributed by atoms with Crippen molar-refractivity contribution in [3.8, 4) is 0 Å². The van der Waals surface area contributed by atoms with Gasteiger partial charge >= 0.3 is 5.97 Å². The summed E-state index contributed by atoms with van der Waals surface area (Å²) in [5, 5.41) is 14.2. The molecule has 1 heterocycles. The van der Waals surface area contributed by atoms with Gasteiger partial charge in [0.25, 0.3) is 0 Å². The van der Waals surface area contributed by atoms with Crippen molar-refractivity contribution in [2.24, 2.45) is 0 Å². The second kappa shape index (κ2) is 4.23. The first-order valence-corrected chi connectivity index (χ1v) is 4.93. The van der Waals surface area contributed by atoms with E-state index in [1.165, 1.54) is 11.3 Å². The number of aryl methyl sites for hydroxylation is 1. The molecule has 2 N–H and O–H groups in total. The van der Waals surface area contributed by atoms with Crippen molar-refractivity contribution in [3.63, 3.8) is 0 Å². The van der Waals surface area contributed by atoms with Gasteiger partial charge in [-0.25, -0.2) is 9.78 Å². The maximum atomic E-state index is 10.7. The zero-order valence-electron chi connectivity index (χ0n) is 7.57. The van der Waals surface area contributed by atoms with Gasteiger partial charge in [0.15, 0.2) is 5.13 Å². The summed E-state index contributed by atoms with van der Waals surface area (Å²) in [6.07, 6.45) is 0.550. The van der Waals surface area contributed by atoms with Crippen molar-refractivity contribution in [3.05, 3.63) is 11.1 Å². The van der Waals surface area contributed by atoms with Gasteiger partial charge in [0.05, 0.1) is 5.69 Å². The number of nitrogens with zero attached hydrogens (tertiary/aromatic N) is 1. The van der Waals surface area contributed by atoms with Crippen LogP contribution in [0.15, 0.2) is 5.38 Å². The maximum Gasteiger partial charge on any atom is 0.326 e. The lowest BCUT2D eigenvalue weighted by atomic mass is 10.2. The molecule has 4 nitrogen and oxygen atoms in total. The van der Waals surface area contributed by atoms with Crippen LogP contribution < -0.4 is 5.32 Å². The van der Waals surface area contributed by atoms with E-state index in [0.717, 1.165) is 5.69 Å². The lowest BCUT2D eigenvalue weighted by Gasteiger charge is -2.09. The molecule has 0 aliphatic heterocycles. The molecule has 1 aromatic rings. The highest BCUT2D eigenvalue weighted by Gasteiger charge is 2.15. The number of nitrogens with one attached hydrogen (secondary N) is 1.